The lowest BCUT2D eigenvalue weighted by Crippen LogP contribution is -2.13. The van der Waals surface area contributed by atoms with Gasteiger partial charge in [-0.1, -0.05) is 19.1 Å². The number of benzene rings is 1. The van der Waals surface area contributed by atoms with Gasteiger partial charge in [0.15, 0.2) is 0 Å². The fourth-order valence-corrected chi connectivity index (χ4v) is 1.62. The van der Waals surface area contributed by atoms with Crippen LogP contribution in [0.1, 0.15) is 19.4 Å². The van der Waals surface area contributed by atoms with Crippen LogP contribution in [-0.4, -0.2) is 21.6 Å². The molecule has 0 bridgehead atoms. The largest absolute Gasteiger partial charge is 0.464 e. The molecule has 0 aliphatic rings. The molecular weight excluding hydrogens is 256 g/mol. The van der Waals surface area contributed by atoms with Gasteiger partial charge in [0.1, 0.15) is 0 Å². The zero-order valence-corrected chi connectivity index (χ0v) is 11.6. The summed E-state index contributed by atoms with van der Waals surface area (Å²) < 4.78 is 5.27. The number of hydrazine groups is 1. The molecule has 0 saturated carbocycles. The van der Waals surface area contributed by atoms with Crippen molar-refractivity contribution in [2.45, 2.75) is 20.3 Å². The normalized spacial score (nSPS) is 10.2. The highest BCUT2D eigenvalue weighted by molar-refractivity contribution is 5.54. The van der Waals surface area contributed by atoms with Crippen LogP contribution in [-0.2, 0) is 6.42 Å². The Labute approximate surface area is 117 Å². The Kier molecular flexibility index (Phi) is 4.67. The summed E-state index contributed by atoms with van der Waals surface area (Å²) in [5.41, 5.74) is 4.54. The Hall–Kier alpha value is -2.41. The average molecular weight is 274 g/mol. The number of nitrogens with two attached hydrogens (primary N) is 1. The van der Waals surface area contributed by atoms with E-state index in [2.05, 4.69) is 44.8 Å². The number of hydrogen-bond acceptors (Lipinski definition) is 7. The van der Waals surface area contributed by atoms with E-state index in [0.717, 1.165) is 12.1 Å². The smallest absolute Gasteiger partial charge is 0.323 e. The number of aromatic nitrogens is 3. The number of nitrogens with zero attached hydrogens (tertiary/aromatic N) is 3. The number of hydrogen-bond donors (Lipinski definition) is 3. The molecule has 0 atom stereocenters. The van der Waals surface area contributed by atoms with Crippen LogP contribution in [0.3, 0.4) is 0 Å². The van der Waals surface area contributed by atoms with Gasteiger partial charge in [0, 0.05) is 5.69 Å². The summed E-state index contributed by atoms with van der Waals surface area (Å²) in [6.45, 7) is 4.44. The van der Waals surface area contributed by atoms with Crippen LogP contribution in [0.15, 0.2) is 24.3 Å². The maximum atomic E-state index is 5.33. The van der Waals surface area contributed by atoms with Crippen LogP contribution in [0.5, 0.6) is 6.01 Å². The number of nitrogens with one attached hydrogen (secondary N) is 2. The van der Waals surface area contributed by atoms with Crippen molar-refractivity contribution in [1.29, 1.82) is 0 Å². The minimum Gasteiger partial charge on any atom is -0.464 e. The summed E-state index contributed by atoms with van der Waals surface area (Å²) in [5, 5.41) is 3.09. The second-order valence-corrected chi connectivity index (χ2v) is 4.02. The Morgan fingerprint density at radius 2 is 1.75 bits per heavy atom. The molecule has 2 rings (SSSR count). The number of nitrogen functional groups attached to an aromatic ring is 1. The van der Waals surface area contributed by atoms with Gasteiger partial charge in [0.25, 0.3) is 0 Å². The van der Waals surface area contributed by atoms with Crippen molar-refractivity contribution in [3.05, 3.63) is 29.8 Å². The van der Waals surface area contributed by atoms with E-state index >= 15 is 0 Å². The van der Waals surface area contributed by atoms with Gasteiger partial charge < -0.3 is 10.1 Å². The first-order valence-corrected chi connectivity index (χ1v) is 6.46. The minimum absolute atomic E-state index is 0.225. The van der Waals surface area contributed by atoms with Gasteiger partial charge in [0.05, 0.1) is 6.61 Å². The van der Waals surface area contributed by atoms with Crippen LogP contribution < -0.4 is 21.3 Å². The Morgan fingerprint density at radius 1 is 1.05 bits per heavy atom. The van der Waals surface area contributed by atoms with Crippen molar-refractivity contribution < 1.29 is 4.74 Å². The van der Waals surface area contributed by atoms with E-state index in [1.165, 1.54) is 5.56 Å². The lowest BCUT2D eigenvalue weighted by Gasteiger charge is -2.08. The van der Waals surface area contributed by atoms with Crippen molar-refractivity contribution >= 4 is 17.6 Å². The predicted octanol–water partition coefficient (Wildman–Crippen LogP) is 1.86. The van der Waals surface area contributed by atoms with E-state index in [1.54, 1.807) is 0 Å². The van der Waals surface area contributed by atoms with Gasteiger partial charge in [-0.2, -0.15) is 15.0 Å². The van der Waals surface area contributed by atoms with E-state index in [9.17, 15) is 0 Å². The van der Waals surface area contributed by atoms with Gasteiger partial charge in [0.2, 0.25) is 11.9 Å². The third kappa shape index (κ3) is 3.55. The van der Waals surface area contributed by atoms with E-state index in [0.29, 0.717) is 12.6 Å². The third-order valence-corrected chi connectivity index (χ3v) is 2.64. The summed E-state index contributed by atoms with van der Waals surface area (Å²) in [4.78, 5) is 12.3. The molecule has 0 saturated heterocycles. The topological polar surface area (TPSA) is 98.0 Å². The molecule has 4 N–H and O–H groups in total. The first-order valence-electron chi connectivity index (χ1n) is 6.46. The zero-order chi connectivity index (χ0) is 14.4. The lowest BCUT2D eigenvalue weighted by atomic mass is 10.1. The fraction of sp³-hybridized carbons (Fsp3) is 0.308. The molecule has 0 radical (unpaired) electrons. The minimum atomic E-state index is 0.225. The SMILES string of the molecule is CCOc1nc(NN)nc(Nc2ccc(CC)cc2)n1. The zero-order valence-electron chi connectivity index (χ0n) is 11.6. The molecule has 1 aromatic carbocycles. The predicted molar refractivity (Wildman–Crippen MR) is 77.9 cm³/mol. The van der Waals surface area contributed by atoms with Gasteiger partial charge >= 0.3 is 6.01 Å². The molecule has 0 unspecified atom stereocenters. The van der Waals surface area contributed by atoms with E-state index < -0.39 is 0 Å². The molecule has 20 heavy (non-hydrogen) atoms. The van der Waals surface area contributed by atoms with Crippen molar-refractivity contribution in [2.24, 2.45) is 5.84 Å². The molecule has 7 heteroatoms. The monoisotopic (exact) mass is 274 g/mol. The quantitative estimate of drug-likeness (QED) is 0.546. The number of anilines is 3. The second-order valence-electron chi connectivity index (χ2n) is 4.02. The highest BCUT2D eigenvalue weighted by Gasteiger charge is 2.06. The molecule has 0 aliphatic heterocycles. The Morgan fingerprint density at radius 3 is 2.35 bits per heavy atom. The number of aryl methyl sites for hydroxylation is 1. The maximum Gasteiger partial charge on any atom is 0.323 e. The third-order valence-electron chi connectivity index (χ3n) is 2.64. The Balaban J connectivity index is 2.20. The van der Waals surface area contributed by atoms with Crippen LogP contribution in [0, 0.1) is 0 Å². The first kappa shape index (κ1) is 14.0. The number of ether oxygens (including phenoxy) is 1. The second kappa shape index (κ2) is 6.67. The van der Waals surface area contributed by atoms with Crippen LogP contribution in [0.2, 0.25) is 0 Å². The molecule has 2 aromatic rings. The molecular formula is C13H18N6O. The molecule has 1 heterocycles. The van der Waals surface area contributed by atoms with E-state index in [1.807, 2.05) is 19.1 Å². The molecule has 7 nitrogen and oxygen atoms in total. The fourth-order valence-electron chi connectivity index (χ4n) is 1.62. The van der Waals surface area contributed by atoms with Gasteiger partial charge in [-0.3, -0.25) is 5.43 Å². The molecule has 0 spiro atoms. The summed E-state index contributed by atoms with van der Waals surface area (Å²) in [5.74, 6) is 5.95. The summed E-state index contributed by atoms with van der Waals surface area (Å²) in [6.07, 6.45) is 1.00. The number of rotatable bonds is 6. The van der Waals surface area contributed by atoms with E-state index in [-0.39, 0.29) is 12.0 Å². The maximum absolute atomic E-state index is 5.33. The molecule has 0 aliphatic carbocycles. The average Bonchev–Trinajstić information content (AvgIpc) is 2.48. The van der Waals surface area contributed by atoms with Crippen LogP contribution in [0.4, 0.5) is 17.6 Å². The van der Waals surface area contributed by atoms with Gasteiger partial charge in [-0.25, -0.2) is 5.84 Å². The van der Waals surface area contributed by atoms with Crippen LogP contribution in [0.25, 0.3) is 0 Å². The van der Waals surface area contributed by atoms with Crippen molar-refractivity contribution in [1.82, 2.24) is 15.0 Å². The lowest BCUT2D eigenvalue weighted by molar-refractivity contribution is 0.312. The van der Waals surface area contributed by atoms with Gasteiger partial charge in [-0.15, -0.1) is 0 Å². The summed E-state index contributed by atoms with van der Waals surface area (Å²) >= 11 is 0. The molecule has 0 fully saturated rings. The standard InChI is InChI=1S/C13H18N6O/c1-3-9-5-7-10(8-6-9)15-11-16-12(19-14)18-13(17-11)20-4-2/h5-8H,3-4,14H2,1-2H3,(H2,15,16,17,18,19). The highest BCUT2D eigenvalue weighted by atomic mass is 16.5. The van der Waals surface area contributed by atoms with Crippen molar-refractivity contribution in [3.8, 4) is 6.01 Å². The summed E-state index contributed by atoms with van der Waals surface area (Å²) in [7, 11) is 0. The van der Waals surface area contributed by atoms with Crippen LogP contribution >= 0.6 is 0 Å². The Bertz CT molecular complexity index is 557. The molecule has 1 aromatic heterocycles. The molecule has 0 amide bonds. The van der Waals surface area contributed by atoms with Gasteiger partial charge in [-0.05, 0) is 31.0 Å². The first-order chi connectivity index (χ1) is 9.75. The van der Waals surface area contributed by atoms with E-state index in [4.69, 9.17) is 10.6 Å². The van der Waals surface area contributed by atoms with Crippen molar-refractivity contribution in [2.75, 3.05) is 17.3 Å². The molecule has 106 valence electrons. The summed E-state index contributed by atoms with van der Waals surface area (Å²) in [6, 6.07) is 8.27. The highest BCUT2D eigenvalue weighted by Crippen LogP contribution is 2.17. The van der Waals surface area contributed by atoms with Crippen molar-refractivity contribution in [3.63, 3.8) is 0 Å².